The molecule has 0 amide bonds. The van der Waals surface area contributed by atoms with Crippen LogP contribution in [0.15, 0.2) is 53.0 Å². The lowest BCUT2D eigenvalue weighted by atomic mass is 9.95. The second-order valence-corrected chi connectivity index (χ2v) is 6.73. The zero-order valence-electron chi connectivity index (χ0n) is 11.6. The number of alkyl halides is 3. The fourth-order valence-corrected chi connectivity index (χ4v) is 3.60. The molecule has 0 aliphatic heterocycles. The highest BCUT2D eigenvalue weighted by atomic mass is 32.2. The monoisotopic (exact) mass is 310 g/mol. The minimum Gasteiger partial charge on any atom is -0.170 e. The van der Waals surface area contributed by atoms with Crippen LogP contribution < -0.4 is 0 Å². The SMILES string of the molecule is FC(F)(F)C1(c2ccc(SCC3=CC=CCC3)cc2)CC1. The Bertz CT molecular complexity index is 563. The summed E-state index contributed by atoms with van der Waals surface area (Å²) in [6, 6.07) is 6.95. The van der Waals surface area contributed by atoms with E-state index in [9.17, 15) is 13.2 Å². The van der Waals surface area contributed by atoms with E-state index in [4.69, 9.17) is 0 Å². The summed E-state index contributed by atoms with van der Waals surface area (Å²) in [5, 5.41) is 0. The van der Waals surface area contributed by atoms with Crippen molar-refractivity contribution in [1.29, 1.82) is 0 Å². The highest BCUT2D eigenvalue weighted by molar-refractivity contribution is 7.99. The third-order valence-electron chi connectivity index (χ3n) is 4.22. The van der Waals surface area contributed by atoms with E-state index in [1.165, 1.54) is 5.57 Å². The number of benzene rings is 1. The fourth-order valence-electron chi connectivity index (χ4n) is 2.68. The van der Waals surface area contributed by atoms with Crippen LogP contribution in [-0.2, 0) is 5.41 Å². The molecule has 1 aromatic carbocycles. The first-order chi connectivity index (χ1) is 10.0. The zero-order valence-corrected chi connectivity index (χ0v) is 12.4. The van der Waals surface area contributed by atoms with Crippen LogP contribution >= 0.6 is 11.8 Å². The molecular weight excluding hydrogens is 293 g/mol. The molecule has 0 radical (unpaired) electrons. The van der Waals surface area contributed by atoms with E-state index in [0.29, 0.717) is 5.56 Å². The summed E-state index contributed by atoms with van der Waals surface area (Å²) < 4.78 is 39.2. The first-order valence-electron chi connectivity index (χ1n) is 7.16. The van der Waals surface area contributed by atoms with Gasteiger partial charge >= 0.3 is 6.18 Å². The van der Waals surface area contributed by atoms with Crippen molar-refractivity contribution >= 4 is 11.8 Å². The molecule has 0 atom stereocenters. The summed E-state index contributed by atoms with van der Waals surface area (Å²) in [4.78, 5) is 1.03. The molecule has 2 aliphatic carbocycles. The van der Waals surface area contributed by atoms with Crippen molar-refractivity contribution in [2.24, 2.45) is 0 Å². The van der Waals surface area contributed by atoms with Crippen LogP contribution in [0.4, 0.5) is 13.2 Å². The first-order valence-corrected chi connectivity index (χ1v) is 8.14. The maximum absolute atomic E-state index is 13.1. The van der Waals surface area contributed by atoms with Crippen LogP contribution in [0.5, 0.6) is 0 Å². The molecular formula is C17H17F3S. The molecule has 0 nitrogen and oxygen atoms in total. The van der Waals surface area contributed by atoms with Gasteiger partial charge in [-0.15, -0.1) is 11.8 Å². The van der Waals surface area contributed by atoms with Gasteiger partial charge in [0, 0.05) is 10.6 Å². The molecule has 3 rings (SSSR count). The van der Waals surface area contributed by atoms with Crippen molar-refractivity contribution < 1.29 is 13.2 Å². The third kappa shape index (κ3) is 3.05. The fraction of sp³-hybridized carbons (Fsp3) is 0.412. The zero-order chi connectivity index (χ0) is 14.9. The van der Waals surface area contributed by atoms with Crippen molar-refractivity contribution in [3.8, 4) is 0 Å². The second kappa shape index (κ2) is 5.56. The molecule has 1 aromatic rings. The molecule has 1 fully saturated rings. The number of allylic oxidation sites excluding steroid dienone is 3. The number of hydrogen-bond donors (Lipinski definition) is 0. The molecule has 2 aliphatic rings. The van der Waals surface area contributed by atoms with Gasteiger partial charge in [0.2, 0.25) is 0 Å². The minimum absolute atomic E-state index is 0.224. The summed E-state index contributed by atoms with van der Waals surface area (Å²) in [6.07, 6.45) is 4.84. The van der Waals surface area contributed by atoms with Crippen molar-refractivity contribution in [3.63, 3.8) is 0 Å². The highest BCUT2D eigenvalue weighted by Crippen LogP contribution is 2.58. The van der Waals surface area contributed by atoms with Gasteiger partial charge in [-0.3, -0.25) is 0 Å². The van der Waals surface area contributed by atoms with Gasteiger partial charge < -0.3 is 0 Å². The molecule has 0 unspecified atom stereocenters. The van der Waals surface area contributed by atoms with Crippen LogP contribution in [0.3, 0.4) is 0 Å². The molecule has 21 heavy (non-hydrogen) atoms. The van der Waals surface area contributed by atoms with Crippen LogP contribution in [0.25, 0.3) is 0 Å². The first kappa shape index (κ1) is 14.8. The van der Waals surface area contributed by atoms with Gasteiger partial charge in [-0.1, -0.05) is 35.9 Å². The Morgan fingerprint density at radius 1 is 1.10 bits per heavy atom. The maximum atomic E-state index is 13.1. The standard InChI is InChI=1S/C17H17F3S/c18-17(19,20)16(10-11-16)14-6-8-15(9-7-14)21-12-13-4-2-1-3-5-13/h1-2,4,6-9H,3,5,10-12H2. The minimum atomic E-state index is -4.12. The molecule has 0 bridgehead atoms. The lowest BCUT2D eigenvalue weighted by Crippen LogP contribution is -2.28. The predicted octanol–water partition coefficient (Wildman–Crippen LogP) is 5.65. The summed E-state index contributed by atoms with van der Waals surface area (Å²) in [5.41, 5.74) is 0.243. The molecule has 0 aromatic heterocycles. The molecule has 112 valence electrons. The molecule has 1 saturated carbocycles. The maximum Gasteiger partial charge on any atom is 0.398 e. The number of halogens is 3. The molecule has 0 heterocycles. The third-order valence-corrected chi connectivity index (χ3v) is 5.34. The second-order valence-electron chi connectivity index (χ2n) is 5.68. The van der Waals surface area contributed by atoms with Gasteiger partial charge in [-0.25, -0.2) is 0 Å². The molecule has 0 saturated heterocycles. The molecule has 0 N–H and O–H groups in total. The van der Waals surface area contributed by atoms with E-state index < -0.39 is 11.6 Å². The van der Waals surface area contributed by atoms with E-state index in [-0.39, 0.29) is 12.8 Å². The lowest BCUT2D eigenvalue weighted by Gasteiger charge is -2.19. The molecule has 0 spiro atoms. The number of rotatable bonds is 4. The average Bonchev–Trinajstić information content (AvgIpc) is 3.28. The Hall–Kier alpha value is -1.16. The van der Waals surface area contributed by atoms with E-state index in [1.807, 2.05) is 12.1 Å². The van der Waals surface area contributed by atoms with Gasteiger partial charge in [-0.05, 0) is 43.4 Å². The van der Waals surface area contributed by atoms with Crippen molar-refractivity contribution in [2.45, 2.75) is 42.2 Å². The predicted molar refractivity (Wildman–Crippen MR) is 80.6 cm³/mol. The van der Waals surface area contributed by atoms with Crippen LogP contribution in [0.1, 0.15) is 31.2 Å². The number of thioether (sulfide) groups is 1. The van der Waals surface area contributed by atoms with E-state index in [0.717, 1.165) is 23.5 Å². The normalized spacial score (nSPS) is 20.2. The van der Waals surface area contributed by atoms with Gasteiger partial charge in [0.05, 0.1) is 5.41 Å². The van der Waals surface area contributed by atoms with E-state index in [2.05, 4.69) is 18.2 Å². The number of hydrogen-bond acceptors (Lipinski definition) is 1. The Morgan fingerprint density at radius 3 is 2.33 bits per heavy atom. The van der Waals surface area contributed by atoms with E-state index in [1.54, 1.807) is 23.9 Å². The van der Waals surface area contributed by atoms with Crippen molar-refractivity contribution in [1.82, 2.24) is 0 Å². The van der Waals surface area contributed by atoms with Crippen molar-refractivity contribution in [3.05, 3.63) is 53.6 Å². The van der Waals surface area contributed by atoms with Crippen molar-refractivity contribution in [2.75, 3.05) is 5.75 Å². The Kier molecular flexibility index (Phi) is 3.91. The summed E-state index contributed by atoms with van der Waals surface area (Å²) in [5.74, 6) is 0.911. The smallest absolute Gasteiger partial charge is 0.170 e. The van der Waals surface area contributed by atoms with Gasteiger partial charge in [0.25, 0.3) is 0 Å². The lowest BCUT2D eigenvalue weighted by molar-refractivity contribution is -0.160. The molecule has 4 heteroatoms. The largest absolute Gasteiger partial charge is 0.398 e. The van der Waals surface area contributed by atoms with Gasteiger partial charge in [-0.2, -0.15) is 13.2 Å². The topological polar surface area (TPSA) is 0 Å². The summed E-state index contributed by atoms with van der Waals surface area (Å²) >= 11 is 1.69. The Morgan fingerprint density at radius 2 is 1.81 bits per heavy atom. The highest BCUT2D eigenvalue weighted by Gasteiger charge is 2.64. The van der Waals surface area contributed by atoms with Gasteiger partial charge in [0.15, 0.2) is 0 Å². The van der Waals surface area contributed by atoms with E-state index >= 15 is 0 Å². The van der Waals surface area contributed by atoms with Crippen LogP contribution in [0.2, 0.25) is 0 Å². The Balaban J connectivity index is 1.65. The van der Waals surface area contributed by atoms with Gasteiger partial charge in [0.1, 0.15) is 0 Å². The summed E-state index contributed by atoms with van der Waals surface area (Å²) in [7, 11) is 0. The van der Waals surface area contributed by atoms with Crippen LogP contribution in [0, 0.1) is 0 Å². The average molecular weight is 310 g/mol. The quantitative estimate of drug-likeness (QED) is 0.648. The van der Waals surface area contributed by atoms with Crippen LogP contribution in [-0.4, -0.2) is 11.9 Å². The Labute approximate surface area is 127 Å². The summed E-state index contributed by atoms with van der Waals surface area (Å²) in [6.45, 7) is 0.